The molecule has 0 aromatic heterocycles. The van der Waals surface area contributed by atoms with Crippen molar-refractivity contribution in [3.8, 4) is 0 Å². The van der Waals surface area contributed by atoms with Gasteiger partial charge in [0.05, 0.1) is 6.04 Å². The number of nitrogens with one attached hydrogen (secondary N) is 3. The van der Waals surface area contributed by atoms with Crippen LogP contribution in [0.3, 0.4) is 0 Å². The first-order valence-electron chi connectivity index (χ1n) is 13.4. The molecule has 5 aliphatic carbocycles. The average Bonchev–Trinajstić information content (AvgIpc) is 3.33. The van der Waals surface area contributed by atoms with Gasteiger partial charge in [-0.25, -0.2) is 0 Å². The predicted octanol–water partition coefficient (Wildman–Crippen LogP) is 0.123. The van der Waals surface area contributed by atoms with Gasteiger partial charge in [-0.1, -0.05) is 34.1 Å². The minimum atomic E-state index is -1.06. The minimum absolute atomic E-state index is 0.0730. The second-order valence-corrected chi connectivity index (χ2v) is 12.4. The normalized spacial score (nSPS) is 42.4. The second-order valence-electron chi connectivity index (χ2n) is 12.4. The summed E-state index contributed by atoms with van der Waals surface area (Å²) in [7, 11) is 0. The van der Waals surface area contributed by atoms with Crippen LogP contribution in [-0.4, -0.2) is 47.3 Å². The van der Waals surface area contributed by atoms with E-state index in [-0.39, 0.29) is 35.5 Å². The summed E-state index contributed by atoms with van der Waals surface area (Å²) in [5, 5.41) is 9.01. The largest absolute Gasteiger partial charge is 0.368 e. The predicted molar refractivity (Wildman–Crippen MR) is 129 cm³/mol. The maximum absolute atomic E-state index is 14.2. The summed E-state index contributed by atoms with van der Waals surface area (Å²) in [4.78, 5) is 52.7. The summed E-state index contributed by atoms with van der Waals surface area (Å²) in [6.07, 6.45) is 2.98. The van der Waals surface area contributed by atoms with E-state index in [0.717, 1.165) is 12.8 Å². The first-order chi connectivity index (χ1) is 16.4. The van der Waals surface area contributed by atoms with E-state index in [0.29, 0.717) is 41.9 Å². The summed E-state index contributed by atoms with van der Waals surface area (Å²) >= 11 is 0. The van der Waals surface area contributed by atoms with E-state index in [1.165, 1.54) is 0 Å². The van der Waals surface area contributed by atoms with Crippen LogP contribution in [0.2, 0.25) is 0 Å². The smallest absolute Gasteiger partial charge is 0.247 e. The third kappa shape index (κ3) is 3.15. The van der Waals surface area contributed by atoms with E-state index in [2.05, 4.69) is 16.0 Å². The van der Waals surface area contributed by atoms with Crippen LogP contribution in [0.5, 0.6) is 0 Å². The summed E-state index contributed by atoms with van der Waals surface area (Å²) in [5.74, 6) is 1.39. The van der Waals surface area contributed by atoms with Crippen LogP contribution < -0.4 is 27.4 Å². The number of fused-ring (bicyclic) bond motifs is 2. The molecule has 0 aliphatic heterocycles. The number of rotatable bonds is 10. The van der Waals surface area contributed by atoms with Crippen LogP contribution in [0.15, 0.2) is 0 Å². The lowest BCUT2D eigenvalue weighted by Gasteiger charge is -2.53. The molecule has 35 heavy (non-hydrogen) atoms. The van der Waals surface area contributed by atoms with E-state index in [1.54, 1.807) is 6.92 Å². The maximum Gasteiger partial charge on any atom is 0.247 e. The van der Waals surface area contributed by atoms with E-state index in [9.17, 15) is 19.2 Å². The number of hydrogen-bond acceptors (Lipinski definition) is 5. The number of nitrogens with two attached hydrogens (primary N) is 2. The van der Waals surface area contributed by atoms with Gasteiger partial charge < -0.3 is 27.4 Å². The van der Waals surface area contributed by atoms with E-state index < -0.39 is 35.5 Å². The van der Waals surface area contributed by atoms with Gasteiger partial charge in [0.1, 0.15) is 17.6 Å². The Bertz CT molecular complexity index is 946. The van der Waals surface area contributed by atoms with Crippen molar-refractivity contribution in [2.45, 2.75) is 77.5 Å². The third-order valence-corrected chi connectivity index (χ3v) is 10.6. The van der Waals surface area contributed by atoms with E-state index >= 15 is 0 Å². The van der Waals surface area contributed by atoms with Gasteiger partial charge in [0, 0.05) is 0 Å². The van der Waals surface area contributed by atoms with Crippen molar-refractivity contribution >= 4 is 23.6 Å². The van der Waals surface area contributed by atoms with Gasteiger partial charge in [-0.15, -0.1) is 0 Å². The molecule has 5 saturated carbocycles. The van der Waals surface area contributed by atoms with Crippen molar-refractivity contribution in [3.05, 3.63) is 0 Å². The van der Waals surface area contributed by atoms with E-state index in [1.807, 2.05) is 27.7 Å². The molecule has 0 aromatic rings. The zero-order valence-electron chi connectivity index (χ0n) is 21.4. The molecule has 13 atom stereocenters. The highest BCUT2D eigenvalue weighted by atomic mass is 16.2. The average molecular weight is 488 g/mol. The molecule has 9 nitrogen and oxygen atoms in total. The van der Waals surface area contributed by atoms with Crippen LogP contribution in [0, 0.1) is 59.2 Å². The quantitative estimate of drug-likeness (QED) is 0.296. The Morgan fingerprint density at radius 3 is 2.06 bits per heavy atom. The lowest BCUT2D eigenvalue weighted by Crippen LogP contribution is -2.73. The number of hydrogen-bond donors (Lipinski definition) is 5. The first-order valence-corrected chi connectivity index (χ1v) is 13.4. The zero-order chi connectivity index (χ0) is 25.6. The van der Waals surface area contributed by atoms with Crippen LogP contribution in [0.4, 0.5) is 0 Å². The first kappa shape index (κ1) is 24.5. The molecular formula is C26H41N5O4. The van der Waals surface area contributed by atoms with Gasteiger partial charge in [-0.2, -0.15) is 0 Å². The fraction of sp³-hybridized carbons (Fsp3) is 0.846. The molecule has 7 N–H and O–H groups in total. The summed E-state index contributed by atoms with van der Waals surface area (Å²) in [5.41, 5.74) is 10.4. The van der Waals surface area contributed by atoms with Crippen molar-refractivity contribution in [3.63, 3.8) is 0 Å². The molecule has 2 bridgehead atoms. The fourth-order valence-electron chi connectivity index (χ4n) is 9.21. The maximum atomic E-state index is 14.2. The Morgan fingerprint density at radius 2 is 1.49 bits per heavy atom. The standard InChI is InChI=1S/C26H41N5O4/c1-6-10(4)21(22(28)32)30-25(35)26(31-24(34)20(9(2)3)29-23(33)11(5)27)18-13-8-14-16-12(13)7-15(18)17(16)19(14)26/h9-21H,6-8,27H2,1-5H3,(H2,28,32)(H,29,33)(H,30,35)(H,31,34)/t10-,11-,12?,13?,14?,15?,16?,17?,18?,19?,20-,21-,26?/m0/s1. The lowest BCUT2D eigenvalue weighted by molar-refractivity contribution is -0.148. The van der Waals surface area contributed by atoms with Gasteiger partial charge in [0.2, 0.25) is 23.6 Å². The lowest BCUT2D eigenvalue weighted by atomic mass is 9.54. The molecule has 9 heteroatoms. The highest BCUT2D eigenvalue weighted by Crippen LogP contribution is 2.85. The minimum Gasteiger partial charge on any atom is -0.368 e. The molecule has 5 rings (SSSR count). The number of carbonyl (C=O) groups excluding carboxylic acids is 4. The SMILES string of the molecule is CC[C@H](C)[C@H](NC(=O)C1(NC(=O)[C@@H](NC(=O)[C@H](C)N)C(C)C)C2C3CC4C5C3CC2C5C41)C(N)=O. The van der Waals surface area contributed by atoms with Crippen molar-refractivity contribution in [1.29, 1.82) is 0 Å². The van der Waals surface area contributed by atoms with E-state index in [4.69, 9.17) is 11.5 Å². The summed E-state index contributed by atoms with van der Waals surface area (Å²) in [6, 6.07) is -2.34. The van der Waals surface area contributed by atoms with Crippen molar-refractivity contribution in [2.75, 3.05) is 0 Å². The Hall–Kier alpha value is -2.16. The molecule has 0 spiro atoms. The zero-order valence-corrected chi connectivity index (χ0v) is 21.4. The van der Waals surface area contributed by atoms with Crippen LogP contribution >= 0.6 is 0 Å². The highest BCUT2D eigenvalue weighted by Gasteiger charge is 2.86. The highest BCUT2D eigenvalue weighted by molar-refractivity contribution is 5.98. The molecule has 5 aliphatic rings. The Kier molecular flexibility index (Phi) is 5.73. The fourth-order valence-corrected chi connectivity index (χ4v) is 9.21. The summed E-state index contributed by atoms with van der Waals surface area (Å²) < 4.78 is 0. The Morgan fingerprint density at radius 1 is 0.857 bits per heavy atom. The molecule has 4 amide bonds. The van der Waals surface area contributed by atoms with Crippen molar-refractivity contribution in [1.82, 2.24) is 16.0 Å². The molecular weight excluding hydrogens is 446 g/mol. The molecule has 5 fully saturated rings. The molecule has 194 valence electrons. The molecule has 0 aromatic carbocycles. The summed E-state index contributed by atoms with van der Waals surface area (Å²) in [6.45, 7) is 9.17. The molecule has 0 heterocycles. The van der Waals surface area contributed by atoms with Gasteiger partial charge in [-0.3, -0.25) is 19.2 Å². The Balaban J connectivity index is 1.48. The Labute approximate surface area is 207 Å². The van der Waals surface area contributed by atoms with Crippen LogP contribution in [0.1, 0.15) is 53.9 Å². The number of amides is 4. The topological polar surface area (TPSA) is 156 Å². The third-order valence-electron chi connectivity index (χ3n) is 10.6. The van der Waals surface area contributed by atoms with Gasteiger partial charge >= 0.3 is 0 Å². The molecule has 0 radical (unpaired) electrons. The van der Waals surface area contributed by atoms with Gasteiger partial charge in [0.15, 0.2) is 0 Å². The second kappa shape index (κ2) is 8.18. The van der Waals surface area contributed by atoms with Crippen LogP contribution in [-0.2, 0) is 19.2 Å². The number of primary amides is 1. The number of carbonyl (C=O) groups is 4. The monoisotopic (exact) mass is 487 g/mol. The van der Waals surface area contributed by atoms with Crippen molar-refractivity contribution in [2.24, 2.45) is 70.6 Å². The van der Waals surface area contributed by atoms with Gasteiger partial charge in [-0.05, 0) is 78.9 Å². The van der Waals surface area contributed by atoms with Crippen LogP contribution in [0.25, 0.3) is 0 Å². The molecule has 9 unspecified atom stereocenters. The van der Waals surface area contributed by atoms with Crippen molar-refractivity contribution < 1.29 is 19.2 Å². The molecule has 0 saturated heterocycles. The van der Waals surface area contributed by atoms with Gasteiger partial charge in [0.25, 0.3) is 0 Å².